The Kier molecular flexibility index (Phi) is 4.11. The second-order valence-electron chi connectivity index (χ2n) is 5.14. The largest absolute Gasteiger partial charge is 0.481 e. The average Bonchev–Trinajstić information content (AvgIpc) is 2.26. The van der Waals surface area contributed by atoms with E-state index in [1.807, 2.05) is 0 Å². The second-order valence-corrected chi connectivity index (χ2v) is 5.14. The summed E-state index contributed by atoms with van der Waals surface area (Å²) in [5.74, 6) is -1.24. The number of nitrogens with two attached hydrogens (primary N) is 1. The van der Waals surface area contributed by atoms with Crippen LogP contribution in [-0.4, -0.2) is 42.3 Å². The summed E-state index contributed by atoms with van der Waals surface area (Å²) in [7, 11) is 0. The van der Waals surface area contributed by atoms with Crippen molar-refractivity contribution in [2.45, 2.75) is 32.2 Å². The molecule has 1 heterocycles. The van der Waals surface area contributed by atoms with Gasteiger partial charge >= 0.3 is 5.97 Å². The topological polar surface area (TPSA) is 102 Å². The highest BCUT2D eigenvalue weighted by Crippen LogP contribution is 2.19. The molecule has 6 heteroatoms. The lowest BCUT2D eigenvalue weighted by molar-refractivity contribution is -0.147. The van der Waals surface area contributed by atoms with Gasteiger partial charge in [0.15, 0.2) is 0 Å². The summed E-state index contributed by atoms with van der Waals surface area (Å²) in [5, 5.41) is 11.5. The van der Waals surface area contributed by atoms with E-state index in [0.29, 0.717) is 26.1 Å². The first-order chi connectivity index (χ1) is 7.78. The zero-order chi connectivity index (χ0) is 13.1. The fraction of sp³-hybridized carbons (Fsp3) is 0.818. The van der Waals surface area contributed by atoms with Crippen molar-refractivity contribution in [1.82, 2.24) is 5.32 Å². The molecule has 98 valence electrons. The summed E-state index contributed by atoms with van der Waals surface area (Å²) in [6.45, 7) is 4.12. The molecule has 4 N–H and O–H groups in total. The molecule has 1 aliphatic heterocycles. The minimum Gasteiger partial charge on any atom is -0.481 e. The number of aliphatic carboxylic acids is 1. The van der Waals surface area contributed by atoms with E-state index >= 15 is 0 Å². The fourth-order valence-electron chi connectivity index (χ4n) is 1.52. The summed E-state index contributed by atoms with van der Waals surface area (Å²) in [5.41, 5.74) is 4.06. The number of carboxylic acids is 1. The summed E-state index contributed by atoms with van der Waals surface area (Å²) in [6.07, 6.45) is 0.929. The molecule has 1 fully saturated rings. The van der Waals surface area contributed by atoms with Gasteiger partial charge in [0, 0.05) is 19.8 Å². The van der Waals surface area contributed by atoms with Crippen LogP contribution in [0.2, 0.25) is 0 Å². The van der Waals surface area contributed by atoms with Crippen LogP contribution in [0, 0.1) is 5.41 Å². The molecule has 17 heavy (non-hydrogen) atoms. The van der Waals surface area contributed by atoms with Gasteiger partial charge in [0.2, 0.25) is 5.91 Å². The molecule has 6 nitrogen and oxygen atoms in total. The van der Waals surface area contributed by atoms with Crippen molar-refractivity contribution in [3.63, 3.8) is 0 Å². The van der Waals surface area contributed by atoms with Crippen LogP contribution in [0.5, 0.6) is 0 Å². The number of carboxylic acid groups (broad SMARTS) is 1. The van der Waals surface area contributed by atoms with Gasteiger partial charge in [0.1, 0.15) is 0 Å². The van der Waals surface area contributed by atoms with E-state index in [0.717, 1.165) is 0 Å². The molecular weight excluding hydrogens is 224 g/mol. The van der Waals surface area contributed by atoms with Crippen LogP contribution in [0.15, 0.2) is 0 Å². The number of carbonyl (C=O) groups is 2. The molecule has 0 bridgehead atoms. The maximum atomic E-state index is 11.9. The Labute approximate surface area is 101 Å². The van der Waals surface area contributed by atoms with Gasteiger partial charge in [-0.15, -0.1) is 0 Å². The van der Waals surface area contributed by atoms with Crippen LogP contribution in [-0.2, 0) is 14.3 Å². The summed E-state index contributed by atoms with van der Waals surface area (Å²) in [4.78, 5) is 22.8. The number of carbonyl (C=O) groups excluding carboxylic acids is 1. The Balaban J connectivity index is 2.52. The van der Waals surface area contributed by atoms with Gasteiger partial charge in [0.05, 0.1) is 11.0 Å². The standard InChI is InChI=1S/C11H20N2O4/c1-10(2,9(15)16)7-13-8(14)11(12)3-5-17-6-4-11/h3-7,12H2,1-2H3,(H,13,14)(H,15,16). The number of nitrogens with one attached hydrogen (secondary N) is 1. The number of amides is 1. The maximum absolute atomic E-state index is 11.9. The third-order valence-corrected chi connectivity index (χ3v) is 3.11. The van der Waals surface area contributed by atoms with Crippen LogP contribution < -0.4 is 11.1 Å². The van der Waals surface area contributed by atoms with Crippen LogP contribution in [0.1, 0.15) is 26.7 Å². The van der Waals surface area contributed by atoms with E-state index in [1.165, 1.54) is 0 Å². The summed E-state index contributed by atoms with van der Waals surface area (Å²) in [6, 6.07) is 0. The van der Waals surface area contributed by atoms with Crippen LogP contribution >= 0.6 is 0 Å². The van der Waals surface area contributed by atoms with E-state index in [4.69, 9.17) is 15.6 Å². The first-order valence-electron chi connectivity index (χ1n) is 5.66. The lowest BCUT2D eigenvalue weighted by atomic mass is 9.89. The molecule has 0 atom stereocenters. The second kappa shape index (κ2) is 5.01. The van der Waals surface area contributed by atoms with E-state index in [1.54, 1.807) is 13.8 Å². The van der Waals surface area contributed by atoms with Crippen molar-refractivity contribution in [3.8, 4) is 0 Å². The zero-order valence-electron chi connectivity index (χ0n) is 10.3. The van der Waals surface area contributed by atoms with Crippen LogP contribution in [0.25, 0.3) is 0 Å². The molecule has 0 aromatic heterocycles. The Bertz CT molecular complexity index is 309. The van der Waals surface area contributed by atoms with Crippen LogP contribution in [0.3, 0.4) is 0 Å². The zero-order valence-corrected chi connectivity index (χ0v) is 10.3. The lowest BCUT2D eigenvalue weighted by Crippen LogP contribution is -2.58. The molecule has 1 amide bonds. The van der Waals surface area contributed by atoms with E-state index < -0.39 is 16.9 Å². The van der Waals surface area contributed by atoms with Crippen molar-refractivity contribution in [2.75, 3.05) is 19.8 Å². The fourth-order valence-corrected chi connectivity index (χ4v) is 1.52. The number of ether oxygens (including phenoxy) is 1. The van der Waals surface area contributed by atoms with Crippen molar-refractivity contribution >= 4 is 11.9 Å². The van der Waals surface area contributed by atoms with Gasteiger partial charge in [-0.3, -0.25) is 9.59 Å². The molecule has 0 spiro atoms. The molecule has 0 unspecified atom stereocenters. The average molecular weight is 244 g/mol. The first-order valence-corrected chi connectivity index (χ1v) is 5.66. The smallest absolute Gasteiger partial charge is 0.310 e. The predicted octanol–water partition coefficient (Wildman–Crippen LogP) is -0.279. The first kappa shape index (κ1) is 13.9. The highest BCUT2D eigenvalue weighted by molar-refractivity contribution is 5.86. The van der Waals surface area contributed by atoms with Gasteiger partial charge in [-0.05, 0) is 26.7 Å². The number of rotatable bonds is 4. The van der Waals surface area contributed by atoms with Gasteiger partial charge in [-0.25, -0.2) is 0 Å². The predicted molar refractivity (Wildman–Crippen MR) is 61.4 cm³/mol. The highest BCUT2D eigenvalue weighted by atomic mass is 16.5. The highest BCUT2D eigenvalue weighted by Gasteiger charge is 2.37. The molecule has 1 rings (SSSR count). The van der Waals surface area contributed by atoms with Crippen molar-refractivity contribution in [2.24, 2.45) is 11.1 Å². The number of hydrogen-bond acceptors (Lipinski definition) is 4. The van der Waals surface area contributed by atoms with E-state index in [2.05, 4.69) is 5.32 Å². The number of hydrogen-bond donors (Lipinski definition) is 3. The molecule has 0 aromatic carbocycles. The van der Waals surface area contributed by atoms with Crippen molar-refractivity contribution < 1.29 is 19.4 Å². The molecule has 0 aliphatic carbocycles. The Morgan fingerprint density at radius 2 is 1.94 bits per heavy atom. The molecule has 0 radical (unpaired) electrons. The molecule has 0 aromatic rings. The Morgan fingerprint density at radius 3 is 2.41 bits per heavy atom. The van der Waals surface area contributed by atoms with Gasteiger partial charge < -0.3 is 20.9 Å². The summed E-state index contributed by atoms with van der Waals surface area (Å²) < 4.78 is 5.14. The lowest BCUT2D eigenvalue weighted by Gasteiger charge is -2.32. The van der Waals surface area contributed by atoms with Crippen molar-refractivity contribution in [1.29, 1.82) is 0 Å². The molecule has 1 aliphatic rings. The van der Waals surface area contributed by atoms with E-state index in [-0.39, 0.29) is 12.5 Å². The third-order valence-electron chi connectivity index (χ3n) is 3.11. The van der Waals surface area contributed by atoms with Gasteiger partial charge in [-0.1, -0.05) is 0 Å². The maximum Gasteiger partial charge on any atom is 0.310 e. The third kappa shape index (κ3) is 3.41. The minimum absolute atomic E-state index is 0.0704. The molecular formula is C11H20N2O4. The quantitative estimate of drug-likeness (QED) is 0.631. The Hall–Kier alpha value is -1.14. The monoisotopic (exact) mass is 244 g/mol. The normalized spacial score (nSPS) is 19.7. The molecule has 1 saturated heterocycles. The van der Waals surface area contributed by atoms with Gasteiger partial charge in [-0.2, -0.15) is 0 Å². The van der Waals surface area contributed by atoms with Gasteiger partial charge in [0.25, 0.3) is 0 Å². The van der Waals surface area contributed by atoms with E-state index in [9.17, 15) is 9.59 Å². The Morgan fingerprint density at radius 1 is 1.41 bits per heavy atom. The minimum atomic E-state index is -0.989. The molecule has 0 saturated carbocycles. The van der Waals surface area contributed by atoms with Crippen LogP contribution in [0.4, 0.5) is 0 Å². The summed E-state index contributed by atoms with van der Waals surface area (Å²) >= 11 is 0. The van der Waals surface area contributed by atoms with Crippen molar-refractivity contribution in [3.05, 3.63) is 0 Å². The SMILES string of the molecule is CC(C)(CNC(=O)C1(N)CCOCC1)C(=O)O.